The van der Waals surface area contributed by atoms with Gasteiger partial charge in [-0.25, -0.2) is 0 Å². The third kappa shape index (κ3) is 1.74. The van der Waals surface area contributed by atoms with E-state index in [4.69, 9.17) is 0 Å². The first-order valence-electron chi connectivity index (χ1n) is 5.06. The lowest BCUT2D eigenvalue weighted by atomic mass is 10.1. The minimum atomic E-state index is -0.203. The molecule has 1 fully saturated rings. The van der Waals surface area contributed by atoms with Crippen LogP contribution >= 0.6 is 0 Å². The highest BCUT2D eigenvalue weighted by atomic mass is 16.2. The van der Waals surface area contributed by atoms with E-state index in [9.17, 15) is 14.4 Å². The molecule has 0 bridgehead atoms. The first-order chi connectivity index (χ1) is 7.59. The van der Waals surface area contributed by atoms with Crippen molar-refractivity contribution in [3.63, 3.8) is 0 Å². The quantitative estimate of drug-likeness (QED) is 0.557. The molecule has 0 N–H and O–H groups in total. The van der Waals surface area contributed by atoms with Crippen molar-refractivity contribution in [2.24, 2.45) is 0 Å². The average molecular weight is 217 g/mol. The van der Waals surface area contributed by atoms with Crippen LogP contribution in [0.5, 0.6) is 0 Å². The number of imide groups is 1. The largest absolute Gasteiger partial charge is 0.295 e. The fraction of sp³-hybridized carbons (Fsp3) is 0.250. The molecule has 0 atom stereocenters. The topological polar surface area (TPSA) is 54.5 Å². The van der Waals surface area contributed by atoms with Crippen LogP contribution in [0.25, 0.3) is 0 Å². The number of hydrogen-bond acceptors (Lipinski definition) is 3. The van der Waals surface area contributed by atoms with Crippen LogP contribution in [0.15, 0.2) is 24.3 Å². The summed E-state index contributed by atoms with van der Waals surface area (Å²) in [5, 5.41) is 0. The predicted molar refractivity (Wildman–Crippen MR) is 58.2 cm³/mol. The molecule has 82 valence electrons. The first-order valence-corrected chi connectivity index (χ1v) is 5.06. The minimum Gasteiger partial charge on any atom is -0.295 e. The molecular formula is C12H11NO3. The Balaban J connectivity index is 2.40. The highest BCUT2D eigenvalue weighted by molar-refractivity contribution is 6.20. The number of anilines is 1. The Kier molecular flexibility index (Phi) is 2.56. The van der Waals surface area contributed by atoms with Gasteiger partial charge in [-0.05, 0) is 19.1 Å². The molecule has 1 saturated heterocycles. The van der Waals surface area contributed by atoms with Crippen LogP contribution in [-0.2, 0) is 9.59 Å². The number of Topliss-reactive ketones (excluding diaryl/α,β-unsaturated/α-hetero) is 1. The summed E-state index contributed by atoms with van der Waals surface area (Å²) in [6.07, 6.45) is 0.506. The highest BCUT2D eigenvalue weighted by Gasteiger charge is 2.30. The van der Waals surface area contributed by atoms with Crippen LogP contribution in [0, 0.1) is 0 Å². The molecule has 1 aliphatic rings. The van der Waals surface area contributed by atoms with E-state index in [1.807, 2.05) is 0 Å². The van der Waals surface area contributed by atoms with Crippen LogP contribution in [0.3, 0.4) is 0 Å². The number of rotatable bonds is 2. The van der Waals surface area contributed by atoms with Gasteiger partial charge in [0.15, 0.2) is 5.78 Å². The van der Waals surface area contributed by atoms with Crippen molar-refractivity contribution in [1.82, 2.24) is 0 Å². The molecule has 1 aromatic carbocycles. The van der Waals surface area contributed by atoms with E-state index >= 15 is 0 Å². The van der Waals surface area contributed by atoms with Gasteiger partial charge in [0, 0.05) is 18.4 Å². The lowest BCUT2D eigenvalue weighted by Gasteiger charge is -2.14. The summed E-state index contributed by atoms with van der Waals surface area (Å²) in [5.41, 5.74) is 0.991. The van der Waals surface area contributed by atoms with E-state index in [-0.39, 0.29) is 30.4 Å². The minimum absolute atomic E-state index is 0.0825. The van der Waals surface area contributed by atoms with Crippen molar-refractivity contribution < 1.29 is 14.4 Å². The summed E-state index contributed by atoms with van der Waals surface area (Å²) < 4.78 is 0. The summed E-state index contributed by atoms with van der Waals surface area (Å²) in [4.78, 5) is 35.3. The second-order valence-corrected chi connectivity index (χ2v) is 3.73. The monoisotopic (exact) mass is 217 g/mol. The third-order valence-electron chi connectivity index (χ3n) is 2.56. The van der Waals surface area contributed by atoms with Gasteiger partial charge in [0.05, 0.1) is 5.69 Å². The van der Waals surface area contributed by atoms with Gasteiger partial charge in [0.25, 0.3) is 0 Å². The summed E-state index contributed by atoms with van der Waals surface area (Å²) in [6, 6.07) is 6.57. The zero-order chi connectivity index (χ0) is 11.7. The van der Waals surface area contributed by atoms with Crippen molar-refractivity contribution in [3.05, 3.63) is 29.8 Å². The molecule has 0 unspecified atom stereocenters. The van der Waals surface area contributed by atoms with E-state index in [0.29, 0.717) is 11.3 Å². The molecule has 16 heavy (non-hydrogen) atoms. The van der Waals surface area contributed by atoms with Crippen LogP contribution in [0.4, 0.5) is 5.69 Å². The van der Waals surface area contributed by atoms with Gasteiger partial charge in [-0.2, -0.15) is 0 Å². The summed E-state index contributed by atoms with van der Waals surface area (Å²) in [6.45, 7) is 1.45. The number of nitrogens with zero attached hydrogens (tertiary/aromatic N) is 1. The molecule has 2 rings (SSSR count). The highest BCUT2D eigenvalue weighted by Crippen LogP contribution is 2.23. The number of benzene rings is 1. The first kappa shape index (κ1) is 10.5. The van der Waals surface area contributed by atoms with Gasteiger partial charge in [0.1, 0.15) is 0 Å². The molecular weight excluding hydrogens is 206 g/mol. The molecule has 0 aliphatic carbocycles. The number of ketones is 1. The van der Waals surface area contributed by atoms with E-state index in [2.05, 4.69) is 0 Å². The van der Waals surface area contributed by atoms with Crippen LogP contribution in [0.1, 0.15) is 30.1 Å². The van der Waals surface area contributed by atoms with Crippen LogP contribution < -0.4 is 4.90 Å². The Bertz CT molecular complexity index is 463. The van der Waals surface area contributed by atoms with Crippen molar-refractivity contribution in [2.45, 2.75) is 19.8 Å². The van der Waals surface area contributed by atoms with E-state index < -0.39 is 0 Å². The second-order valence-electron chi connectivity index (χ2n) is 3.73. The summed E-state index contributed by atoms with van der Waals surface area (Å²) in [7, 11) is 0. The van der Waals surface area contributed by atoms with E-state index in [1.165, 1.54) is 6.92 Å². The van der Waals surface area contributed by atoms with Crippen LogP contribution in [-0.4, -0.2) is 17.6 Å². The molecule has 1 aliphatic heterocycles. The Morgan fingerprint density at radius 1 is 1.19 bits per heavy atom. The van der Waals surface area contributed by atoms with Gasteiger partial charge in [-0.3, -0.25) is 19.3 Å². The number of carbonyl (C=O) groups excluding carboxylic acids is 3. The Morgan fingerprint density at radius 3 is 2.38 bits per heavy atom. The molecule has 4 heteroatoms. The number of carbonyl (C=O) groups is 3. The summed E-state index contributed by atoms with van der Waals surface area (Å²) in [5.74, 6) is -0.489. The SMILES string of the molecule is CC(=O)c1cccc(N2C(=O)CCC2=O)c1. The number of amides is 2. The summed E-state index contributed by atoms with van der Waals surface area (Å²) >= 11 is 0. The second kappa shape index (κ2) is 3.89. The van der Waals surface area contributed by atoms with Gasteiger partial charge >= 0.3 is 0 Å². The Hall–Kier alpha value is -1.97. The standard InChI is InChI=1S/C12H11NO3/c1-8(14)9-3-2-4-10(7-9)13-11(15)5-6-12(13)16/h2-4,7H,5-6H2,1H3. The lowest BCUT2D eigenvalue weighted by molar-refractivity contribution is -0.121. The van der Waals surface area contributed by atoms with Crippen molar-refractivity contribution in [1.29, 1.82) is 0 Å². The fourth-order valence-electron chi connectivity index (χ4n) is 1.73. The Labute approximate surface area is 92.9 Å². The maximum absolute atomic E-state index is 11.5. The van der Waals surface area contributed by atoms with Crippen molar-refractivity contribution in [3.8, 4) is 0 Å². The molecule has 0 radical (unpaired) electrons. The van der Waals surface area contributed by atoms with Gasteiger partial charge in [-0.15, -0.1) is 0 Å². The van der Waals surface area contributed by atoms with E-state index in [0.717, 1.165) is 4.90 Å². The maximum atomic E-state index is 11.5. The van der Waals surface area contributed by atoms with Gasteiger partial charge in [-0.1, -0.05) is 12.1 Å². The molecule has 1 heterocycles. The molecule has 1 aromatic rings. The smallest absolute Gasteiger partial charge is 0.234 e. The normalized spacial score (nSPS) is 15.7. The molecule has 0 spiro atoms. The third-order valence-corrected chi connectivity index (χ3v) is 2.56. The van der Waals surface area contributed by atoms with Crippen LogP contribution in [0.2, 0.25) is 0 Å². The zero-order valence-electron chi connectivity index (χ0n) is 8.90. The maximum Gasteiger partial charge on any atom is 0.234 e. The predicted octanol–water partition coefficient (Wildman–Crippen LogP) is 1.54. The molecule has 4 nitrogen and oxygen atoms in total. The van der Waals surface area contributed by atoms with Gasteiger partial charge < -0.3 is 0 Å². The van der Waals surface area contributed by atoms with Crippen molar-refractivity contribution >= 4 is 23.3 Å². The number of hydrogen-bond donors (Lipinski definition) is 0. The van der Waals surface area contributed by atoms with Crippen molar-refractivity contribution in [2.75, 3.05) is 4.90 Å². The molecule has 2 amide bonds. The molecule has 0 aromatic heterocycles. The fourth-order valence-corrected chi connectivity index (χ4v) is 1.73. The lowest BCUT2D eigenvalue weighted by Crippen LogP contribution is -2.28. The Morgan fingerprint density at radius 2 is 1.81 bits per heavy atom. The molecule has 0 saturated carbocycles. The van der Waals surface area contributed by atoms with Gasteiger partial charge in [0.2, 0.25) is 11.8 Å². The zero-order valence-corrected chi connectivity index (χ0v) is 8.90. The average Bonchev–Trinajstić information content (AvgIpc) is 2.59. The van der Waals surface area contributed by atoms with E-state index in [1.54, 1.807) is 24.3 Å².